The quantitative estimate of drug-likeness (QED) is 0.403. The van der Waals surface area contributed by atoms with E-state index in [2.05, 4.69) is 17.3 Å². The molecule has 1 heterocycles. The molecule has 32 valence electrons. The van der Waals surface area contributed by atoms with Crippen LogP contribution in [0.1, 0.15) is 12.8 Å². The first kappa shape index (κ1) is 3.59. The molecule has 0 aromatic carbocycles. The molecule has 0 bridgehead atoms. The topological polar surface area (TPSA) is 14.0 Å². The van der Waals surface area contributed by atoms with Gasteiger partial charge in [-0.05, 0) is 12.5 Å². The maximum Gasteiger partial charge on any atom is 0.162 e. The molecule has 0 radical (unpaired) electrons. The molecule has 1 aliphatic rings. The largest absolute Gasteiger partial charge is 0.222 e. The first-order chi connectivity index (χ1) is 3.00. The smallest absolute Gasteiger partial charge is 0.162 e. The van der Waals surface area contributed by atoms with Gasteiger partial charge in [-0.25, -0.2) is 4.99 Å². The molecule has 0 fully saturated rings. The summed E-state index contributed by atoms with van der Waals surface area (Å²) in [4.78, 5) is 2.98. The Balaban J connectivity index is 2.46. The number of hydrogen-bond donors (Lipinski definition) is 1. The zero-order valence-corrected chi connectivity index (χ0v) is 3.65. The van der Waals surface area contributed by atoms with Gasteiger partial charge >= 0.3 is 0 Å². The van der Waals surface area contributed by atoms with E-state index in [4.69, 9.17) is 0 Å². The van der Waals surface area contributed by atoms with Crippen molar-refractivity contribution in [3.8, 4) is 0 Å². The average molecular weight is 82.1 g/mol. The second-order valence-corrected chi connectivity index (χ2v) is 1.35. The van der Waals surface area contributed by atoms with Crippen molar-refractivity contribution in [2.45, 2.75) is 12.8 Å². The Bertz CT molecular complexity index is 69.9. The van der Waals surface area contributed by atoms with Crippen LogP contribution in [0.15, 0.2) is 12.3 Å². The molecule has 1 rings (SSSR count). The van der Waals surface area contributed by atoms with Crippen molar-refractivity contribution >= 4 is 6.21 Å². The molecular weight excluding hydrogens is 74.1 g/mol. The zero-order chi connectivity index (χ0) is 4.24. The molecule has 0 amide bonds. The van der Waals surface area contributed by atoms with Gasteiger partial charge in [0, 0.05) is 6.42 Å². The molecule has 1 N–H and O–H groups in total. The fraction of sp³-hybridized carbons (Fsp3) is 0.400. The van der Waals surface area contributed by atoms with Crippen LogP contribution in [-0.4, -0.2) is 6.21 Å². The van der Waals surface area contributed by atoms with Gasteiger partial charge in [0.1, 0.15) is 6.21 Å². The lowest BCUT2D eigenvalue weighted by Gasteiger charge is -1.81. The minimum Gasteiger partial charge on any atom is -0.222 e. The summed E-state index contributed by atoms with van der Waals surface area (Å²) in [7, 11) is 0. The van der Waals surface area contributed by atoms with Crippen molar-refractivity contribution in [2.24, 2.45) is 0 Å². The van der Waals surface area contributed by atoms with Gasteiger partial charge in [-0.15, -0.1) is 0 Å². The van der Waals surface area contributed by atoms with Crippen molar-refractivity contribution in [2.75, 3.05) is 0 Å². The zero-order valence-electron chi connectivity index (χ0n) is 3.65. The number of nitrogens with one attached hydrogen (secondary N) is 1. The SMILES string of the molecule is C1=C[NH+]=CCC1. The third kappa shape index (κ3) is 0.677. The molecule has 6 heavy (non-hydrogen) atoms. The van der Waals surface area contributed by atoms with Gasteiger partial charge in [-0.1, -0.05) is 0 Å². The maximum absolute atomic E-state index is 2.98. The highest BCUT2D eigenvalue weighted by Crippen LogP contribution is 1.83. The second kappa shape index (κ2) is 1.75. The van der Waals surface area contributed by atoms with Crippen LogP contribution in [0.5, 0.6) is 0 Å². The first-order valence-corrected chi connectivity index (χ1v) is 2.23. The third-order valence-electron chi connectivity index (χ3n) is 0.810. The molecule has 0 unspecified atom stereocenters. The molecule has 0 saturated carbocycles. The number of hydrogen-bond acceptors (Lipinski definition) is 0. The molecule has 0 aliphatic carbocycles. The minimum atomic E-state index is 1.18. The van der Waals surface area contributed by atoms with E-state index in [0.717, 1.165) is 0 Å². The van der Waals surface area contributed by atoms with E-state index in [-0.39, 0.29) is 0 Å². The van der Waals surface area contributed by atoms with Crippen LogP contribution in [0.3, 0.4) is 0 Å². The lowest BCUT2D eigenvalue weighted by atomic mass is 10.3. The first-order valence-electron chi connectivity index (χ1n) is 2.23. The second-order valence-electron chi connectivity index (χ2n) is 1.35. The van der Waals surface area contributed by atoms with Crippen molar-refractivity contribution < 1.29 is 4.99 Å². The van der Waals surface area contributed by atoms with Crippen LogP contribution in [0.4, 0.5) is 0 Å². The number of allylic oxidation sites excluding steroid dienone is 1. The Morgan fingerprint density at radius 1 is 1.33 bits per heavy atom. The molecular formula is C5H8N+. The summed E-state index contributed by atoms with van der Waals surface area (Å²) in [5, 5.41) is 0. The van der Waals surface area contributed by atoms with E-state index >= 15 is 0 Å². The van der Waals surface area contributed by atoms with E-state index in [1.807, 2.05) is 6.20 Å². The van der Waals surface area contributed by atoms with E-state index in [0.29, 0.717) is 0 Å². The Labute approximate surface area is 37.4 Å². The van der Waals surface area contributed by atoms with Gasteiger partial charge in [0.05, 0.1) is 0 Å². The van der Waals surface area contributed by atoms with Gasteiger partial charge in [0.25, 0.3) is 0 Å². The van der Waals surface area contributed by atoms with Gasteiger partial charge in [-0.3, -0.25) is 0 Å². The van der Waals surface area contributed by atoms with Gasteiger partial charge in [0.2, 0.25) is 0 Å². The summed E-state index contributed by atoms with van der Waals surface area (Å²) in [6.45, 7) is 0. The summed E-state index contributed by atoms with van der Waals surface area (Å²) in [5.41, 5.74) is 0. The average Bonchev–Trinajstić information content (AvgIpc) is 1.72. The van der Waals surface area contributed by atoms with E-state index in [1.54, 1.807) is 0 Å². The maximum atomic E-state index is 2.98. The molecule has 0 spiro atoms. The fourth-order valence-electron chi connectivity index (χ4n) is 0.482. The molecule has 1 aliphatic heterocycles. The molecule has 1 heteroatoms. The van der Waals surface area contributed by atoms with Crippen LogP contribution in [0.25, 0.3) is 0 Å². The third-order valence-corrected chi connectivity index (χ3v) is 0.810. The Morgan fingerprint density at radius 2 is 2.33 bits per heavy atom. The molecule has 0 aromatic rings. The molecule has 0 saturated heterocycles. The summed E-state index contributed by atoms with van der Waals surface area (Å²) in [5.74, 6) is 0. The van der Waals surface area contributed by atoms with E-state index in [1.165, 1.54) is 12.8 Å². The summed E-state index contributed by atoms with van der Waals surface area (Å²) < 4.78 is 0. The Hall–Kier alpha value is -0.590. The lowest BCUT2D eigenvalue weighted by molar-refractivity contribution is -0.370. The van der Waals surface area contributed by atoms with E-state index < -0.39 is 0 Å². The van der Waals surface area contributed by atoms with Crippen LogP contribution >= 0.6 is 0 Å². The van der Waals surface area contributed by atoms with Crippen molar-refractivity contribution in [3.05, 3.63) is 12.3 Å². The Kier molecular flexibility index (Phi) is 1.05. The molecule has 0 aromatic heterocycles. The van der Waals surface area contributed by atoms with Crippen molar-refractivity contribution in [1.82, 2.24) is 0 Å². The minimum absolute atomic E-state index is 1.18. The summed E-state index contributed by atoms with van der Waals surface area (Å²) in [6, 6.07) is 0. The van der Waals surface area contributed by atoms with Crippen molar-refractivity contribution in [1.29, 1.82) is 0 Å². The van der Waals surface area contributed by atoms with Crippen LogP contribution in [-0.2, 0) is 0 Å². The summed E-state index contributed by atoms with van der Waals surface area (Å²) in [6.07, 6.45) is 8.52. The highest BCUT2D eigenvalue weighted by molar-refractivity contribution is 5.51. The fourth-order valence-corrected chi connectivity index (χ4v) is 0.482. The lowest BCUT2D eigenvalue weighted by Crippen LogP contribution is -2.62. The monoisotopic (exact) mass is 82.1 g/mol. The van der Waals surface area contributed by atoms with Gasteiger partial charge in [-0.2, -0.15) is 0 Å². The summed E-state index contributed by atoms with van der Waals surface area (Å²) >= 11 is 0. The standard InChI is InChI=1S/C5H7N/c1-2-4-6-5-3-1/h2,4-5H,1,3H2/p+1. The van der Waals surface area contributed by atoms with Crippen molar-refractivity contribution in [3.63, 3.8) is 0 Å². The Morgan fingerprint density at radius 3 is 2.50 bits per heavy atom. The highest BCUT2D eigenvalue weighted by Gasteiger charge is 1.84. The predicted molar refractivity (Wildman–Crippen MR) is 25.4 cm³/mol. The predicted octanol–water partition coefficient (Wildman–Crippen LogP) is -0.555. The van der Waals surface area contributed by atoms with Gasteiger partial charge < -0.3 is 0 Å². The van der Waals surface area contributed by atoms with E-state index in [9.17, 15) is 0 Å². The molecule has 0 atom stereocenters. The highest BCUT2D eigenvalue weighted by atomic mass is 14.7. The van der Waals surface area contributed by atoms with Crippen LogP contribution < -0.4 is 4.99 Å². The van der Waals surface area contributed by atoms with Crippen LogP contribution in [0, 0.1) is 0 Å². The van der Waals surface area contributed by atoms with Gasteiger partial charge in [0.15, 0.2) is 6.20 Å². The normalized spacial score (nSPS) is 18.7. The number of rotatable bonds is 0. The van der Waals surface area contributed by atoms with Crippen LogP contribution in [0.2, 0.25) is 0 Å². The molecule has 1 nitrogen and oxygen atoms in total.